The summed E-state index contributed by atoms with van der Waals surface area (Å²) in [6, 6.07) is 4.61. The number of Topliss-reactive ketones (excluding diaryl/α,β-unsaturated/α-hetero) is 1. The summed E-state index contributed by atoms with van der Waals surface area (Å²) in [6.45, 7) is 0. The van der Waals surface area contributed by atoms with Gasteiger partial charge in [0.15, 0.2) is 5.58 Å². The molecule has 6 nitrogen and oxygen atoms in total. The Morgan fingerprint density at radius 1 is 1.30 bits per heavy atom. The number of oxazole rings is 1. The van der Waals surface area contributed by atoms with Gasteiger partial charge in [0, 0.05) is 20.5 Å². The van der Waals surface area contributed by atoms with Crippen molar-refractivity contribution in [2.24, 2.45) is 0 Å². The summed E-state index contributed by atoms with van der Waals surface area (Å²) in [5, 5.41) is 0.307. The third kappa shape index (κ3) is 3.29. The van der Waals surface area contributed by atoms with Gasteiger partial charge in [-0.1, -0.05) is 18.2 Å². The maximum Gasteiger partial charge on any atom is 0.257 e. The lowest BCUT2D eigenvalue weighted by Crippen LogP contribution is -2.22. The Morgan fingerprint density at radius 2 is 2.09 bits per heavy atom. The van der Waals surface area contributed by atoms with E-state index in [-0.39, 0.29) is 15.9 Å². The van der Waals surface area contributed by atoms with Gasteiger partial charge < -0.3 is 4.42 Å². The maximum absolute atomic E-state index is 12.2. The molecular formula is C15H18N2O4S2. The van der Waals surface area contributed by atoms with Crippen LogP contribution in [0.5, 0.6) is 0 Å². The molecule has 1 aromatic heterocycles. The van der Waals surface area contributed by atoms with Crippen LogP contribution < -0.4 is 0 Å². The second-order valence-corrected chi connectivity index (χ2v) is 9.02. The smallest absolute Gasteiger partial charge is 0.257 e. The highest BCUT2D eigenvalue weighted by Gasteiger charge is 2.25. The molecule has 0 aliphatic heterocycles. The summed E-state index contributed by atoms with van der Waals surface area (Å²) in [4.78, 5) is 16.4. The van der Waals surface area contributed by atoms with Gasteiger partial charge in [-0.15, -0.1) is 0 Å². The van der Waals surface area contributed by atoms with Gasteiger partial charge in [0.05, 0.1) is 10.1 Å². The van der Waals surface area contributed by atoms with Crippen molar-refractivity contribution in [2.75, 3.05) is 14.1 Å². The number of nitrogens with zero attached hydrogens (tertiary/aromatic N) is 2. The molecular weight excluding hydrogens is 336 g/mol. The zero-order valence-corrected chi connectivity index (χ0v) is 14.6. The van der Waals surface area contributed by atoms with Crippen molar-refractivity contribution in [1.82, 2.24) is 9.29 Å². The first kappa shape index (κ1) is 16.5. The van der Waals surface area contributed by atoms with Crippen molar-refractivity contribution in [2.45, 2.75) is 41.1 Å². The minimum atomic E-state index is -3.50. The number of hydrogen-bond acceptors (Lipinski definition) is 6. The third-order valence-corrected chi connectivity index (χ3v) is 6.83. The van der Waals surface area contributed by atoms with Gasteiger partial charge >= 0.3 is 0 Å². The van der Waals surface area contributed by atoms with Crippen molar-refractivity contribution in [1.29, 1.82) is 0 Å². The fraction of sp³-hybridized carbons (Fsp3) is 0.467. The van der Waals surface area contributed by atoms with Crippen LogP contribution in [0.4, 0.5) is 0 Å². The number of fused-ring (bicyclic) bond motifs is 1. The van der Waals surface area contributed by atoms with Crippen molar-refractivity contribution < 1.29 is 17.6 Å². The monoisotopic (exact) mass is 354 g/mol. The molecule has 0 radical (unpaired) electrons. The molecule has 1 atom stereocenters. The SMILES string of the molecule is CN(C)S(=O)(=O)c1ccc2oc(SC3CCCCC3=O)nc2c1. The van der Waals surface area contributed by atoms with Crippen molar-refractivity contribution in [3.05, 3.63) is 18.2 Å². The first-order valence-corrected chi connectivity index (χ1v) is 9.72. The highest BCUT2D eigenvalue weighted by molar-refractivity contribution is 8.00. The number of rotatable bonds is 4. The minimum absolute atomic E-state index is 0.109. The fourth-order valence-corrected chi connectivity index (χ4v) is 4.49. The summed E-state index contributed by atoms with van der Waals surface area (Å²) in [5.41, 5.74) is 1.01. The normalized spacial score (nSPS) is 19.6. The number of carbonyl (C=O) groups is 1. The Bertz CT molecular complexity index is 842. The molecule has 23 heavy (non-hydrogen) atoms. The second kappa shape index (κ2) is 6.26. The quantitative estimate of drug-likeness (QED) is 0.840. The Hall–Kier alpha value is -1.38. The van der Waals surface area contributed by atoms with Gasteiger partial charge in [-0.05, 0) is 31.0 Å². The average molecular weight is 354 g/mol. The highest BCUT2D eigenvalue weighted by atomic mass is 32.2. The molecule has 0 N–H and O–H groups in total. The molecule has 1 unspecified atom stereocenters. The molecule has 1 aliphatic carbocycles. The van der Waals surface area contributed by atoms with E-state index in [0.717, 1.165) is 23.6 Å². The van der Waals surface area contributed by atoms with E-state index in [4.69, 9.17) is 4.42 Å². The number of aromatic nitrogens is 1. The molecule has 1 aromatic carbocycles. The number of hydrogen-bond donors (Lipinski definition) is 0. The molecule has 2 aromatic rings. The molecule has 0 spiro atoms. The molecule has 1 fully saturated rings. The van der Waals surface area contributed by atoms with Crippen LogP contribution in [0.3, 0.4) is 0 Å². The summed E-state index contributed by atoms with van der Waals surface area (Å²) >= 11 is 1.33. The summed E-state index contributed by atoms with van der Waals surface area (Å²) in [5.74, 6) is 0.236. The van der Waals surface area contributed by atoms with Crippen LogP contribution in [0.15, 0.2) is 32.7 Å². The van der Waals surface area contributed by atoms with Crippen LogP contribution in [0.1, 0.15) is 25.7 Å². The zero-order valence-electron chi connectivity index (χ0n) is 13.0. The molecule has 8 heteroatoms. The largest absolute Gasteiger partial charge is 0.431 e. The maximum atomic E-state index is 12.2. The predicted molar refractivity (Wildman–Crippen MR) is 88.0 cm³/mol. The predicted octanol–water partition coefficient (Wildman–Crippen LogP) is 2.68. The number of benzene rings is 1. The van der Waals surface area contributed by atoms with E-state index in [2.05, 4.69) is 4.98 Å². The molecule has 1 heterocycles. The van der Waals surface area contributed by atoms with Gasteiger partial charge in [0.2, 0.25) is 10.0 Å². The molecule has 0 bridgehead atoms. The molecule has 0 amide bonds. The van der Waals surface area contributed by atoms with Crippen LogP contribution in [-0.2, 0) is 14.8 Å². The van der Waals surface area contributed by atoms with E-state index < -0.39 is 10.0 Å². The number of carbonyl (C=O) groups excluding carboxylic acids is 1. The van der Waals surface area contributed by atoms with Gasteiger partial charge in [0.25, 0.3) is 5.22 Å². The first-order chi connectivity index (χ1) is 10.9. The van der Waals surface area contributed by atoms with Gasteiger partial charge in [-0.25, -0.2) is 17.7 Å². The summed E-state index contributed by atoms with van der Waals surface area (Å²) < 4.78 is 31.1. The van der Waals surface area contributed by atoms with Crippen LogP contribution in [0, 0.1) is 0 Å². The number of ketones is 1. The minimum Gasteiger partial charge on any atom is -0.431 e. The highest BCUT2D eigenvalue weighted by Crippen LogP contribution is 2.33. The van der Waals surface area contributed by atoms with Gasteiger partial charge in [0.1, 0.15) is 11.3 Å². The van der Waals surface area contributed by atoms with Crippen LogP contribution >= 0.6 is 11.8 Å². The van der Waals surface area contributed by atoms with E-state index in [1.165, 1.54) is 38.0 Å². The Morgan fingerprint density at radius 3 is 2.78 bits per heavy atom. The van der Waals surface area contributed by atoms with E-state index >= 15 is 0 Å². The number of sulfonamides is 1. The fourth-order valence-electron chi connectivity index (χ4n) is 2.51. The van der Waals surface area contributed by atoms with Crippen LogP contribution in [0.2, 0.25) is 0 Å². The Balaban J connectivity index is 1.89. The topological polar surface area (TPSA) is 80.5 Å². The van der Waals surface area contributed by atoms with E-state index in [9.17, 15) is 13.2 Å². The average Bonchev–Trinajstić information content (AvgIpc) is 2.90. The van der Waals surface area contributed by atoms with Crippen LogP contribution in [0.25, 0.3) is 11.1 Å². The first-order valence-electron chi connectivity index (χ1n) is 7.40. The van der Waals surface area contributed by atoms with Crippen molar-refractivity contribution in [3.63, 3.8) is 0 Å². The van der Waals surface area contributed by atoms with E-state index in [1.54, 1.807) is 6.07 Å². The lowest BCUT2D eigenvalue weighted by atomic mass is 9.99. The summed E-state index contributed by atoms with van der Waals surface area (Å²) in [6.07, 6.45) is 3.44. The van der Waals surface area contributed by atoms with E-state index in [0.29, 0.717) is 22.7 Å². The van der Waals surface area contributed by atoms with Gasteiger partial charge in [-0.2, -0.15) is 0 Å². The standard InChI is InChI=1S/C15H18N2O4S2/c1-17(2)23(19,20)10-7-8-13-11(9-10)16-15(21-13)22-14-6-4-3-5-12(14)18/h7-9,14H,3-6H2,1-2H3. The second-order valence-electron chi connectivity index (χ2n) is 5.72. The molecule has 1 aliphatic rings. The third-order valence-electron chi connectivity index (χ3n) is 3.86. The van der Waals surface area contributed by atoms with Crippen molar-refractivity contribution >= 4 is 38.7 Å². The molecule has 0 saturated heterocycles. The Kier molecular flexibility index (Phi) is 4.48. The lowest BCUT2D eigenvalue weighted by molar-refractivity contribution is -0.119. The summed E-state index contributed by atoms with van der Waals surface area (Å²) in [7, 11) is -0.535. The van der Waals surface area contributed by atoms with E-state index in [1.807, 2.05) is 0 Å². The lowest BCUT2D eigenvalue weighted by Gasteiger charge is -2.17. The molecule has 3 rings (SSSR count). The van der Waals surface area contributed by atoms with Crippen molar-refractivity contribution in [3.8, 4) is 0 Å². The zero-order chi connectivity index (χ0) is 16.6. The van der Waals surface area contributed by atoms with Crippen LogP contribution in [-0.4, -0.2) is 42.8 Å². The molecule has 1 saturated carbocycles. The van der Waals surface area contributed by atoms with Gasteiger partial charge in [-0.3, -0.25) is 4.79 Å². The number of thioether (sulfide) groups is 1. The Labute approximate surface area is 139 Å². The molecule has 124 valence electrons.